The Bertz CT molecular complexity index is 1160. The van der Waals surface area contributed by atoms with E-state index in [2.05, 4.69) is 65.2 Å². The van der Waals surface area contributed by atoms with Crippen molar-refractivity contribution in [1.82, 2.24) is 14.8 Å². The van der Waals surface area contributed by atoms with Crippen molar-refractivity contribution in [1.29, 1.82) is 0 Å². The fraction of sp³-hybridized carbons (Fsp3) is 0.370. The van der Waals surface area contributed by atoms with Crippen LogP contribution in [-0.2, 0) is 12.1 Å². The lowest BCUT2D eigenvalue weighted by molar-refractivity contribution is 0.151. The quantitative estimate of drug-likeness (QED) is 0.627. The second kappa shape index (κ2) is 8.50. The molecule has 2 aromatic carbocycles. The van der Waals surface area contributed by atoms with Gasteiger partial charge >= 0.3 is 6.03 Å². The van der Waals surface area contributed by atoms with E-state index in [1.807, 2.05) is 29.2 Å². The molecule has 2 aliphatic heterocycles. The van der Waals surface area contributed by atoms with Gasteiger partial charge in [0.2, 0.25) is 0 Å². The molecule has 6 nitrogen and oxygen atoms in total. The smallest absolute Gasteiger partial charge is 0.317 e. The molecule has 3 heterocycles. The first-order valence-corrected chi connectivity index (χ1v) is 11.8. The lowest BCUT2D eigenvalue weighted by Gasteiger charge is -2.53. The van der Waals surface area contributed by atoms with Crippen LogP contribution in [-0.4, -0.2) is 42.2 Å². The molecule has 3 aromatic rings. The second-order valence-corrected chi connectivity index (χ2v) is 9.03. The number of anilines is 1. The molecule has 0 radical (unpaired) electrons. The molecule has 1 N–H and O–H groups in total. The first kappa shape index (κ1) is 21.4. The number of aryl methyl sites for hydroxylation is 1. The summed E-state index contributed by atoms with van der Waals surface area (Å²) in [6.07, 6.45) is 3.99. The molecule has 0 bridgehead atoms. The number of fused-ring (bicyclic) bond motifs is 4. The van der Waals surface area contributed by atoms with Gasteiger partial charge in [-0.25, -0.2) is 4.79 Å². The highest BCUT2D eigenvalue weighted by molar-refractivity contribution is 5.75. The van der Waals surface area contributed by atoms with Gasteiger partial charge in [-0.1, -0.05) is 18.2 Å². The maximum absolute atomic E-state index is 13.0. The molecule has 0 aliphatic carbocycles. The number of hydrogen-bond acceptors (Lipinski definition) is 3. The molecule has 6 heteroatoms. The fourth-order valence-corrected chi connectivity index (χ4v) is 5.54. The number of nitrogens with zero attached hydrogens (tertiary/aromatic N) is 3. The van der Waals surface area contributed by atoms with Crippen LogP contribution < -0.4 is 15.0 Å². The standard InChI is InChI=1S/C27H32N4O2/c1-4-31-24-17-20(2)10-11-23(24)30-14-6-9-25(30)27(31)12-15-29(16-13-27)26(32)28-19-21-7-5-8-22(18-21)33-3/h5-11,14,17-18H,4,12-13,15-16,19H2,1-3H3,(H,28,32). The molecule has 1 aromatic heterocycles. The van der Waals surface area contributed by atoms with E-state index in [1.165, 1.54) is 22.6 Å². The monoisotopic (exact) mass is 444 g/mol. The van der Waals surface area contributed by atoms with Crippen molar-refractivity contribution in [2.75, 3.05) is 31.6 Å². The van der Waals surface area contributed by atoms with E-state index in [0.717, 1.165) is 43.8 Å². The van der Waals surface area contributed by atoms with Crippen LogP contribution in [0.4, 0.5) is 10.5 Å². The summed E-state index contributed by atoms with van der Waals surface area (Å²) >= 11 is 0. The van der Waals surface area contributed by atoms with Gasteiger partial charge in [0.05, 0.1) is 24.0 Å². The van der Waals surface area contributed by atoms with E-state index in [9.17, 15) is 4.79 Å². The number of methoxy groups -OCH3 is 1. The Morgan fingerprint density at radius 1 is 1.06 bits per heavy atom. The summed E-state index contributed by atoms with van der Waals surface area (Å²) < 4.78 is 7.63. The fourth-order valence-electron chi connectivity index (χ4n) is 5.54. The predicted molar refractivity (Wildman–Crippen MR) is 131 cm³/mol. The molecule has 0 saturated carbocycles. The Hall–Kier alpha value is -3.41. The van der Waals surface area contributed by atoms with Gasteiger partial charge in [0.25, 0.3) is 0 Å². The molecule has 0 atom stereocenters. The van der Waals surface area contributed by atoms with Crippen LogP contribution in [0, 0.1) is 6.92 Å². The molecule has 33 heavy (non-hydrogen) atoms. The molecule has 5 rings (SSSR count). The van der Waals surface area contributed by atoms with Crippen LogP contribution >= 0.6 is 0 Å². The van der Waals surface area contributed by atoms with Crippen molar-refractivity contribution in [3.63, 3.8) is 0 Å². The Morgan fingerprint density at radius 2 is 1.88 bits per heavy atom. The molecule has 0 unspecified atom stereocenters. The first-order valence-electron chi connectivity index (χ1n) is 11.8. The number of ether oxygens (including phenoxy) is 1. The minimum Gasteiger partial charge on any atom is -0.497 e. The number of likely N-dealkylation sites (tertiary alicyclic amines) is 1. The van der Waals surface area contributed by atoms with Gasteiger partial charge < -0.3 is 24.4 Å². The molecule has 2 amide bonds. The summed E-state index contributed by atoms with van der Waals surface area (Å²) in [5.41, 5.74) is 6.07. The highest BCUT2D eigenvalue weighted by Gasteiger charge is 2.46. The number of urea groups is 1. The van der Waals surface area contributed by atoms with Crippen LogP contribution in [0.3, 0.4) is 0 Å². The van der Waals surface area contributed by atoms with Crippen LogP contribution in [0.15, 0.2) is 60.8 Å². The number of carbonyl (C=O) groups is 1. The number of piperidine rings is 1. The predicted octanol–water partition coefficient (Wildman–Crippen LogP) is 4.84. The van der Waals surface area contributed by atoms with Gasteiger partial charge in [-0.2, -0.15) is 0 Å². The highest BCUT2D eigenvalue weighted by atomic mass is 16.5. The summed E-state index contributed by atoms with van der Waals surface area (Å²) in [5, 5.41) is 3.09. The third-order valence-electron chi connectivity index (χ3n) is 7.20. The number of carbonyl (C=O) groups excluding carboxylic acids is 1. The number of benzene rings is 2. The maximum Gasteiger partial charge on any atom is 0.317 e. The maximum atomic E-state index is 13.0. The molecule has 2 aliphatic rings. The normalized spacial score (nSPS) is 16.3. The molecule has 172 valence electrons. The zero-order valence-corrected chi connectivity index (χ0v) is 19.7. The van der Waals surface area contributed by atoms with Crippen molar-refractivity contribution in [2.45, 2.75) is 38.8 Å². The molecule has 1 saturated heterocycles. The lowest BCUT2D eigenvalue weighted by Crippen LogP contribution is -2.57. The number of amides is 2. The van der Waals surface area contributed by atoms with Crippen LogP contribution in [0.2, 0.25) is 0 Å². The summed E-state index contributed by atoms with van der Waals surface area (Å²) in [7, 11) is 1.66. The number of rotatable bonds is 4. The van der Waals surface area contributed by atoms with Crippen LogP contribution in [0.25, 0.3) is 5.69 Å². The number of aromatic nitrogens is 1. The van der Waals surface area contributed by atoms with Gasteiger partial charge in [-0.3, -0.25) is 0 Å². The minimum atomic E-state index is -0.0946. The van der Waals surface area contributed by atoms with E-state index >= 15 is 0 Å². The topological polar surface area (TPSA) is 49.7 Å². The zero-order chi connectivity index (χ0) is 23.0. The Labute approximate surface area is 195 Å². The third kappa shape index (κ3) is 3.63. The second-order valence-electron chi connectivity index (χ2n) is 9.03. The SMILES string of the molecule is CCN1c2cc(C)ccc2-n2cccc2C12CCN(C(=O)NCc1cccc(OC)c1)CC2. The Morgan fingerprint density at radius 3 is 2.64 bits per heavy atom. The Kier molecular flexibility index (Phi) is 5.52. The van der Waals surface area contributed by atoms with Gasteiger partial charge in [0.1, 0.15) is 5.75 Å². The summed E-state index contributed by atoms with van der Waals surface area (Å²) in [5.74, 6) is 0.803. The highest BCUT2D eigenvalue weighted by Crippen LogP contribution is 2.48. The van der Waals surface area contributed by atoms with Crippen molar-refractivity contribution < 1.29 is 9.53 Å². The first-order chi connectivity index (χ1) is 16.1. The van der Waals surface area contributed by atoms with E-state index in [4.69, 9.17) is 4.74 Å². The van der Waals surface area contributed by atoms with Crippen molar-refractivity contribution >= 4 is 11.7 Å². The van der Waals surface area contributed by atoms with Gasteiger partial charge in [-0.05, 0) is 74.2 Å². The van der Waals surface area contributed by atoms with Gasteiger partial charge in [0, 0.05) is 38.1 Å². The van der Waals surface area contributed by atoms with Crippen LogP contribution in [0.1, 0.15) is 36.6 Å². The van der Waals surface area contributed by atoms with Crippen molar-refractivity contribution in [3.8, 4) is 11.4 Å². The number of nitrogens with one attached hydrogen (secondary N) is 1. The van der Waals surface area contributed by atoms with Crippen LogP contribution in [0.5, 0.6) is 5.75 Å². The van der Waals surface area contributed by atoms with E-state index in [-0.39, 0.29) is 11.6 Å². The molecule has 1 spiro atoms. The molecule has 1 fully saturated rings. The summed E-state index contributed by atoms with van der Waals surface area (Å²) in [6.45, 7) is 7.28. The average molecular weight is 445 g/mol. The molecular weight excluding hydrogens is 412 g/mol. The summed E-state index contributed by atoms with van der Waals surface area (Å²) in [4.78, 5) is 17.5. The molecular formula is C27H32N4O2. The van der Waals surface area contributed by atoms with Crippen molar-refractivity contribution in [2.24, 2.45) is 0 Å². The average Bonchev–Trinajstić information content (AvgIpc) is 3.34. The van der Waals surface area contributed by atoms with Gasteiger partial charge in [-0.15, -0.1) is 0 Å². The Balaban J connectivity index is 1.33. The van der Waals surface area contributed by atoms with Gasteiger partial charge in [0.15, 0.2) is 0 Å². The van der Waals surface area contributed by atoms with Crippen molar-refractivity contribution in [3.05, 3.63) is 77.6 Å². The largest absolute Gasteiger partial charge is 0.497 e. The van der Waals surface area contributed by atoms with E-state index in [1.54, 1.807) is 7.11 Å². The minimum absolute atomic E-state index is 0.00171. The lowest BCUT2D eigenvalue weighted by atomic mass is 9.80. The van der Waals surface area contributed by atoms with E-state index in [0.29, 0.717) is 6.54 Å². The van der Waals surface area contributed by atoms with E-state index < -0.39 is 0 Å². The number of hydrogen-bond donors (Lipinski definition) is 1. The zero-order valence-electron chi connectivity index (χ0n) is 19.7. The third-order valence-corrected chi connectivity index (χ3v) is 7.20. The summed E-state index contributed by atoms with van der Waals surface area (Å²) in [6, 6.07) is 18.9.